The van der Waals surface area contributed by atoms with Crippen LogP contribution in [0.2, 0.25) is 0 Å². The fourth-order valence-corrected chi connectivity index (χ4v) is 9.73. The van der Waals surface area contributed by atoms with E-state index in [0.29, 0.717) is 37.1 Å². The number of phenols is 1. The summed E-state index contributed by atoms with van der Waals surface area (Å²) in [5.41, 5.74) is -0.375. The van der Waals surface area contributed by atoms with Gasteiger partial charge in [-0.15, -0.1) is 0 Å². The van der Waals surface area contributed by atoms with Gasteiger partial charge in [-0.2, -0.15) is 0 Å². The molecule has 4 aliphatic heterocycles. The number of nitrogens with zero attached hydrogens (tertiary/aromatic N) is 3. The Morgan fingerprint density at radius 1 is 0.956 bits per heavy atom. The maximum Gasteiger partial charge on any atom is 0.407 e. The van der Waals surface area contributed by atoms with Crippen LogP contribution in [0.1, 0.15) is 66.9 Å². The summed E-state index contributed by atoms with van der Waals surface area (Å²) in [6, 6.07) is 3.10. The van der Waals surface area contributed by atoms with Crippen LogP contribution in [0.5, 0.6) is 11.5 Å². The minimum absolute atomic E-state index is 0.00208. The third-order valence-corrected chi connectivity index (χ3v) is 14.1. The minimum Gasteiger partial charge on any atom is -0.507 e. The number of nitrogens with one attached hydrogen (secondary N) is 2. The summed E-state index contributed by atoms with van der Waals surface area (Å²) in [5.74, 6) is -6.20. The first-order valence-corrected chi connectivity index (χ1v) is 23.0. The quantitative estimate of drug-likeness (QED) is 0.110. The number of phenolic OH excluding ortho intramolecular Hbond substituents is 1. The molecule has 3 aromatic carbocycles. The zero-order valence-electron chi connectivity index (χ0n) is 40.1. The topological polar surface area (TPSA) is 251 Å². The molecular formula is C50H63N5O13. The second-order valence-corrected chi connectivity index (χ2v) is 18.6. The van der Waals surface area contributed by atoms with Crippen LogP contribution in [-0.4, -0.2) is 110 Å². The molecule has 8 rings (SSSR count). The number of aromatic hydroxyl groups is 1. The minimum atomic E-state index is -1.96. The first-order valence-electron chi connectivity index (χ1n) is 23.0. The van der Waals surface area contributed by atoms with E-state index in [1.807, 2.05) is 4.90 Å². The normalized spacial score (nSPS) is 29.4. The highest BCUT2D eigenvalue weighted by molar-refractivity contribution is 6.18. The number of amides is 2. The molecule has 0 spiro atoms. The fourth-order valence-electron chi connectivity index (χ4n) is 9.73. The Kier molecular flexibility index (Phi) is 14.2. The Balaban J connectivity index is 1.46. The molecule has 4 aromatic rings. The lowest BCUT2D eigenvalue weighted by atomic mass is 9.78. The van der Waals surface area contributed by atoms with Gasteiger partial charge in [0.1, 0.15) is 22.7 Å². The van der Waals surface area contributed by atoms with Gasteiger partial charge in [0.25, 0.3) is 5.91 Å². The molecule has 0 saturated carbocycles. The number of fused-ring (bicyclic) bond motifs is 14. The van der Waals surface area contributed by atoms with Crippen molar-refractivity contribution in [2.45, 2.75) is 104 Å². The SMILES string of the molecule is CCOC(=O)NC1CCN(c2cc(=O)c3nc4c5c6c7c(C)c(O)c5c(=O)c(c4n(C)c3c2)NC(=O)/C(C)=C\C=C\[C@H](C)[C@H](O)[C@@H](C)[C@@H](O)[C@@H](C)[C@H](O)[C@H](C)[C@@H](OC)/C=C/O[C@@](C)(O7)C=6O)CC1. The van der Waals surface area contributed by atoms with Crippen molar-refractivity contribution in [3.8, 4) is 11.5 Å². The smallest absolute Gasteiger partial charge is 0.407 e. The van der Waals surface area contributed by atoms with Gasteiger partial charge in [-0.1, -0.05) is 45.9 Å². The highest BCUT2D eigenvalue weighted by atomic mass is 16.7. The number of hydrogen-bond donors (Lipinski definition) is 7. The second-order valence-electron chi connectivity index (χ2n) is 18.6. The third-order valence-electron chi connectivity index (χ3n) is 14.1. The predicted molar refractivity (Wildman–Crippen MR) is 258 cm³/mol. The summed E-state index contributed by atoms with van der Waals surface area (Å²) < 4.78 is 24.8. The monoisotopic (exact) mass is 941 g/mol. The number of aliphatic hydroxyl groups is 4. The standard InChI is InChI=1S/C50H63N5O13/c1-11-66-49(64)51-29-15-18-55(19-16-29)30-21-31-37(32(56)22-30)52-38-34-35-44(60)28(7)46-36(34)47(62)50(8,68-46)67-20-17-33(65-10)25(4)42(58)27(6)43(59)26(5)41(57)23(2)13-12-14-24(3)48(63)53-39(45(35)61)40(38)54(31)9/h12-14,17,20-23,25-27,29,33,41-43,57-60,62H,11,15-16,18-19H2,1-10H3,(H,51,64)(H,53,63)/b13-12+,20-17+,24-14-/t23-,25+,26+,27-,33-,41-,42+,43+,50-/m0/s1. The highest BCUT2D eigenvalue weighted by Gasteiger charge is 2.44. The van der Waals surface area contributed by atoms with Crippen molar-refractivity contribution >= 4 is 62.0 Å². The molecule has 68 heavy (non-hydrogen) atoms. The lowest BCUT2D eigenvalue weighted by Gasteiger charge is -2.36. The van der Waals surface area contributed by atoms with Crippen LogP contribution < -0.4 is 36.3 Å². The van der Waals surface area contributed by atoms with Crippen molar-refractivity contribution in [2.75, 3.05) is 37.0 Å². The number of aromatic nitrogens is 2. The van der Waals surface area contributed by atoms with E-state index in [1.165, 1.54) is 52.4 Å². The summed E-state index contributed by atoms with van der Waals surface area (Å²) in [5, 5.41) is 63.5. The van der Waals surface area contributed by atoms with E-state index in [1.54, 1.807) is 64.5 Å². The van der Waals surface area contributed by atoms with Crippen molar-refractivity contribution in [1.29, 1.82) is 0 Å². The van der Waals surface area contributed by atoms with E-state index in [0.717, 1.165) is 0 Å². The molecule has 5 bridgehead atoms. The molecule has 1 fully saturated rings. The van der Waals surface area contributed by atoms with E-state index in [4.69, 9.17) is 23.9 Å². The molecule has 2 amide bonds. The second kappa shape index (κ2) is 19.4. The lowest BCUT2D eigenvalue weighted by molar-refractivity contribution is -0.112. The first kappa shape index (κ1) is 49.7. The molecule has 18 nitrogen and oxygen atoms in total. The van der Waals surface area contributed by atoms with Crippen LogP contribution >= 0.6 is 0 Å². The van der Waals surface area contributed by atoms with E-state index in [9.17, 15) is 39.9 Å². The summed E-state index contributed by atoms with van der Waals surface area (Å²) in [6.45, 7) is 14.3. The fraction of sp³-hybridized carbons (Fsp3) is 0.500. The van der Waals surface area contributed by atoms with Gasteiger partial charge in [0, 0.05) is 92.2 Å². The highest BCUT2D eigenvalue weighted by Crippen LogP contribution is 2.42. The first-order chi connectivity index (χ1) is 32.1. The van der Waals surface area contributed by atoms with Gasteiger partial charge in [0.2, 0.25) is 10.9 Å². The van der Waals surface area contributed by atoms with E-state index in [-0.39, 0.29) is 67.8 Å². The Hall–Kier alpha value is -6.21. The van der Waals surface area contributed by atoms with Crippen LogP contribution in [0, 0.1) is 30.6 Å². The summed E-state index contributed by atoms with van der Waals surface area (Å²) in [4.78, 5) is 62.4. The molecule has 366 valence electrons. The van der Waals surface area contributed by atoms with Gasteiger partial charge in [-0.05, 0) is 45.8 Å². The number of anilines is 2. The van der Waals surface area contributed by atoms with Gasteiger partial charge >= 0.3 is 11.9 Å². The number of piperidine rings is 1. The summed E-state index contributed by atoms with van der Waals surface area (Å²) in [6.07, 6.45) is 4.14. The maximum atomic E-state index is 15.0. The number of ether oxygens (including phenoxy) is 4. The number of alkyl carbamates (subject to hydrolysis) is 1. The maximum absolute atomic E-state index is 15.0. The van der Waals surface area contributed by atoms with Crippen molar-refractivity contribution in [1.82, 2.24) is 14.9 Å². The zero-order chi connectivity index (χ0) is 49.7. The molecule has 7 N–H and O–H groups in total. The van der Waals surface area contributed by atoms with E-state index >= 15 is 4.79 Å². The molecule has 4 aliphatic rings. The molecule has 1 aromatic heterocycles. The van der Waals surface area contributed by atoms with Gasteiger partial charge in [0.05, 0.1) is 64.4 Å². The van der Waals surface area contributed by atoms with Crippen molar-refractivity contribution in [3.63, 3.8) is 0 Å². The zero-order valence-corrected chi connectivity index (χ0v) is 40.1. The molecule has 0 aliphatic carbocycles. The van der Waals surface area contributed by atoms with Crippen LogP contribution in [-0.2, 0) is 26.1 Å². The number of aliphatic hydroxyl groups excluding tert-OH is 4. The molecule has 9 atom stereocenters. The Morgan fingerprint density at radius 2 is 1.62 bits per heavy atom. The number of aryl methyl sites for hydroxylation is 1. The molecule has 0 radical (unpaired) electrons. The lowest BCUT2D eigenvalue weighted by Crippen LogP contribution is -2.45. The third kappa shape index (κ3) is 8.85. The predicted octanol–water partition coefficient (Wildman–Crippen LogP) is 4.45. The summed E-state index contributed by atoms with van der Waals surface area (Å²) >= 11 is 0. The molecule has 0 unspecified atom stereocenters. The number of rotatable bonds is 4. The Morgan fingerprint density at radius 3 is 2.28 bits per heavy atom. The van der Waals surface area contributed by atoms with E-state index < -0.39 is 88.2 Å². The number of benzene rings is 3. The summed E-state index contributed by atoms with van der Waals surface area (Å²) in [7, 11) is 3.06. The number of carbonyl (C=O) groups is 2. The van der Waals surface area contributed by atoms with E-state index in [2.05, 4.69) is 10.6 Å². The van der Waals surface area contributed by atoms with Crippen LogP contribution in [0.15, 0.2) is 57.9 Å². The average Bonchev–Trinajstić information content (AvgIpc) is 3.58. The van der Waals surface area contributed by atoms with Crippen molar-refractivity contribution < 1.29 is 54.1 Å². The number of hydrogen-bond acceptors (Lipinski definition) is 15. The van der Waals surface area contributed by atoms with Gasteiger partial charge in [-0.3, -0.25) is 14.4 Å². The Labute approximate surface area is 393 Å². The molecule has 18 heteroatoms. The van der Waals surface area contributed by atoms with Crippen LogP contribution in [0.3, 0.4) is 0 Å². The largest absolute Gasteiger partial charge is 0.507 e. The van der Waals surface area contributed by atoms with Crippen LogP contribution in [0.4, 0.5) is 16.2 Å². The van der Waals surface area contributed by atoms with Gasteiger partial charge in [0.15, 0.2) is 5.76 Å². The molecule has 5 heterocycles. The average molecular weight is 942 g/mol. The number of allylic oxidation sites excluding steroid dienone is 2. The van der Waals surface area contributed by atoms with Crippen molar-refractivity contribution in [2.24, 2.45) is 30.7 Å². The molecule has 1 saturated heterocycles. The number of carbonyl (C=O) groups excluding carboxylic acids is 2. The Bertz CT molecular complexity index is 2920. The van der Waals surface area contributed by atoms with Gasteiger partial charge < -0.3 is 64.6 Å². The molecular weight excluding hydrogens is 879 g/mol. The van der Waals surface area contributed by atoms with Gasteiger partial charge in [-0.25, -0.2) is 9.78 Å². The number of methoxy groups -OCH3 is 1. The van der Waals surface area contributed by atoms with Crippen molar-refractivity contribution in [3.05, 3.63) is 79.5 Å². The van der Waals surface area contributed by atoms with Crippen LogP contribution in [0.25, 0.3) is 38.6 Å².